The zero-order valence-electron chi connectivity index (χ0n) is 13.9. The molecular weight excluding hydrogens is 316 g/mol. The molecule has 0 N–H and O–H groups in total. The molecule has 1 aliphatic heterocycles. The average molecular weight is 334 g/mol. The second-order valence-electron chi connectivity index (χ2n) is 6.59. The van der Waals surface area contributed by atoms with Crippen molar-refractivity contribution in [2.45, 2.75) is 0 Å². The molecule has 0 nitrogen and oxygen atoms in total. The van der Waals surface area contributed by atoms with E-state index in [4.69, 9.17) is 0 Å². The van der Waals surface area contributed by atoms with Crippen LogP contribution >= 0.6 is 0 Å². The third-order valence-electron chi connectivity index (χ3n) is 5.11. The molecule has 0 radical (unpaired) electrons. The standard InChI is InChI=1S/C24H18Si/c1-3-9-17(10-4-1)19-15-16-22-24(20-13-7-8-14-21(20)25-22)23(19)18-11-5-2-6-12-18/h1-16H,25H2. The highest BCUT2D eigenvalue weighted by Gasteiger charge is 2.24. The maximum atomic E-state index is 2.37. The fourth-order valence-electron chi connectivity index (χ4n) is 3.99. The second kappa shape index (κ2) is 5.87. The highest BCUT2D eigenvalue weighted by Crippen LogP contribution is 2.39. The van der Waals surface area contributed by atoms with Crippen LogP contribution in [0.5, 0.6) is 0 Å². The van der Waals surface area contributed by atoms with Gasteiger partial charge < -0.3 is 0 Å². The first-order valence-corrected chi connectivity index (χ1v) is 10.2. The van der Waals surface area contributed by atoms with E-state index in [1.165, 1.54) is 33.4 Å². The summed E-state index contributed by atoms with van der Waals surface area (Å²) in [5.41, 5.74) is 8.23. The summed E-state index contributed by atoms with van der Waals surface area (Å²) in [6, 6.07) is 35.3. The number of benzene rings is 4. The van der Waals surface area contributed by atoms with Crippen LogP contribution in [0.25, 0.3) is 33.4 Å². The van der Waals surface area contributed by atoms with Gasteiger partial charge >= 0.3 is 0 Å². The summed E-state index contributed by atoms with van der Waals surface area (Å²) in [5, 5.41) is 3.14. The van der Waals surface area contributed by atoms with E-state index in [2.05, 4.69) is 97.1 Å². The Bertz CT molecular complexity index is 1050. The molecule has 0 aliphatic carbocycles. The monoisotopic (exact) mass is 334 g/mol. The molecule has 25 heavy (non-hydrogen) atoms. The maximum absolute atomic E-state index is 2.37. The molecule has 0 saturated carbocycles. The van der Waals surface area contributed by atoms with Crippen LogP contribution in [0, 0.1) is 0 Å². The van der Waals surface area contributed by atoms with Crippen molar-refractivity contribution >= 4 is 19.9 Å². The van der Waals surface area contributed by atoms with Gasteiger partial charge in [-0.3, -0.25) is 0 Å². The Labute approximate surface area is 150 Å². The van der Waals surface area contributed by atoms with Crippen molar-refractivity contribution in [2.75, 3.05) is 0 Å². The highest BCUT2D eigenvalue weighted by atomic mass is 28.2. The SMILES string of the molecule is c1ccc(-c2ccc3c(c2-c2ccccc2)-c2ccccc2[SiH2]3)cc1. The van der Waals surface area contributed by atoms with Gasteiger partial charge in [-0.05, 0) is 33.4 Å². The molecular formula is C24H18Si. The number of rotatable bonds is 2. The molecule has 118 valence electrons. The molecule has 0 unspecified atom stereocenters. The van der Waals surface area contributed by atoms with E-state index < -0.39 is 0 Å². The summed E-state index contributed by atoms with van der Waals surface area (Å²) in [6.07, 6.45) is 0. The molecule has 1 heteroatoms. The lowest BCUT2D eigenvalue weighted by atomic mass is 9.88. The summed E-state index contributed by atoms with van der Waals surface area (Å²) in [6.45, 7) is 0. The first-order valence-electron chi connectivity index (χ1n) is 8.77. The summed E-state index contributed by atoms with van der Waals surface area (Å²) in [7, 11) is -0.382. The minimum absolute atomic E-state index is 0.382. The zero-order valence-corrected chi connectivity index (χ0v) is 15.4. The van der Waals surface area contributed by atoms with Gasteiger partial charge in [0.1, 0.15) is 0 Å². The fourth-order valence-corrected chi connectivity index (χ4v) is 5.92. The number of hydrogen-bond donors (Lipinski definition) is 0. The van der Waals surface area contributed by atoms with Crippen LogP contribution in [0.4, 0.5) is 0 Å². The predicted octanol–water partition coefficient (Wildman–Crippen LogP) is 4.12. The van der Waals surface area contributed by atoms with Gasteiger partial charge in [0, 0.05) is 0 Å². The van der Waals surface area contributed by atoms with Crippen LogP contribution in [0.15, 0.2) is 97.1 Å². The molecule has 4 aromatic rings. The van der Waals surface area contributed by atoms with Crippen LogP contribution in [0.1, 0.15) is 0 Å². The molecule has 1 aliphatic rings. The van der Waals surface area contributed by atoms with Crippen LogP contribution < -0.4 is 10.4 Å². The molecule has 4 aromatic carbocycles. The van der Waals surface area contributed by atoms with E-state index in [0.29, 0.717) is 0 Å². The number of fused-ring (bicyclic) bond motifs is 3. The largest absolute Gasteiger partial charge is 0.0891 e. The zero-order chi connectivity index (χ0) is 16.6. The normalized spacial score (nSPS) is 12.8. The smallest absolute Gasteiger partial charge is 0.0627 e. The molecule has 0 saturated heterocycles. The van der Waals surface area contributed by atoms with Crippen molar-refractivity contribution in [2.24, 2.45) is 0 Å². The topological polar surface area (TPSA) is 0 Å². The summed E-state index contributed by atoms with van der Waals surface area (Å²) >= 11 is 0. The van der Waals surface area contributed by atoms with E-state index in [1.54, 1.807) is 10.4 Å². The Balaban J connectivity index is 1.87. The van der Waals surface area contributed by atoms with Crippen molar-refractivity contribution in [3.8, 4) is 33.4 Å². The quantitative estimate of drug-likeness (QED) is 0.426. The molecule has 0 bridgehead atoms. The predicted molar refractivity (Wildman–Crippen MR) is 111 cm³/mol. The van der Waals surface area contributed by atoms with E-state index in [9.17, 15) is 0 Å². The molecule has 0 amide bonds. The Morgan fingerprint density at radius 2 is 1.04 bits per heavy atom. The highest BCUT2D eigenvalue weighted by molar-refractivity contribution is 6.73. The van der Waals surface area contributed by atoms with Crippen LogP contribution in [0.3, 0.4) is 0 Å². The lowest BCUT2D eigenvalue weighted by Gasteiger charge is -2.16. The molecule has 0 spiro atoms. The van der Waals surface area contributed by atoms with Gasteiger partial charge in [0.2, 0.25) is 0 Å². The fraction of sp³-hybridized carbons (Fsp3) is 0. The summed E-state index contributed by atoms with van der Waals surface area (Å²) < 4.78 is 0. The van der Waals surface area contributed by atoms with Crippen LogP contribution in [0.2, 0.25) is 0 Å². The van der Waals surface area contributed by atoms with Gasteiger partial charge in [-0.25, -0.2) is 0 Å². The average Bonchev–Trinajstić information content (AvgIpc) is 3.07. The second-order valence-corrected chi connectivity index (χ2v) is 8.47. The maximum Gasteiger partial charge on any atom is 0.0891 e. The Morgan fingerprint density at radius 3 is 1.80 bits per heavy atom. The Hall–Kier alpha value is -2.90. The van der Waals surface area contributed by atoms with Crippen molar-refractivity contribution < 1.29 is 0 Å². The van der Waals surface area contributed by atoms with E-state index in [1.807, 2.05) is 0 Å². The lowest BCUT2D eigenvalue weighted by molar-refractivity contribution is 1.59. The van der Waals surface area contributed by atoms with Gasteiger partial charge in [0.15, 0.2) is 0 Å². The Morgan fingerprint density at radius 1 is 0.400 bits per heavy atom. The Kier molecular flexibility index (Phi) is 3.39. The van der Waals surface area contributed by atoms with Crippen LogP contribution in [-0.4, -0.2) is 9.52 Å². The van der Waals surface area contributed by atoms with Gasteiger partial charge in [0.05, 0.1) is 9.52 Å². The third kappa shape index (κ3) is 2.36. The van der Waals surface area contributed by atoms with E-state index in [0.717, 1.165) is 0 Å². The lowest BCUT2D eigenvalue weighted by Crippen LogP contribution is -2.20. The third-order valence-corrected chi connectivity index (χ3v) is 7.07. The van der Waals surface area contributed by atoms with Crippen molar-refractivity contribution in [3.05, 3.63) is 97.1 Å². The van der Waals surface area contributed by atoms with Crippen molar-refractivity contribution in [3.63, 3.8) is 0 Å². The minimum Gasteiger partial charge on any atom is -0.0627 e. The van der Waals surface area contributed by atoms with E-state index >= 15 is 0 Å². The molecule has 0 atom stereocenters. The first kappa shape index (κ1) is 14.4. The minimum atomic E-state index is -0.382. The van der Waals surface area contributed by atoms with E-state index in [-0.39, 0.29) is 9.52 Å². The summed E-state index contributed by atoms with van der Waals surface area (Å²) in [5.74, 6) is 0. The first-order chi connectivity index (χ1) is 12.4. The molecule has 1 heterocycles. The van der Waals surface area contributed by atoms with Crippen LogP contribution in [-0.2, 0) is 0 Å². The van der Waals surface area contributed by atoms with Gasteiger partial charge in [0.25, 0.3) is 0 Å². The van der Waals surface area contributed by atoms with Crippen molar-refractivity contribution in [1.82, 2.24) is 0 Å². The molecule has 5 rings (SSSR count). The van der Waals surface area contributed by atoms with Gasteiger partial charge in [-0.1, -0.05) is 107 Å². The van der Waals surface area contributed by atoms with Crippen molar-refractivity contribution in [1.29, 1.82) is 0 Å². The number of hydrogen-bond acceptors (Lipinski definition) is 0. The molecule has 0 fully saturated rings. The van der Waals surface area contributed by atoms with Gasteiger partial charge in [-0.2, -0.15) is 0 Å². The molecule has 0 aromatic heterocycles. The van der Waals surface area contributed by atoms with Gasteiger partial charge in [-0.15, -0.1) is 0 Å². The summed E-state index contributed by atoms with van der Waals surface area (Å²) in [4.78, 5) is 0.